The van der Waals surface area contributed by atoms with Gasteiger partial charge in [-0.3, -0.25) is 0 Å². The molecule has 2 aromatic carbocycles. The van der Waals surface area contributed by atoms with Crippen molar-refractivity contribution in [3.63, 3.8) is 0 Å². The fraction of sp³-hybridized carbons (Fsp3) is 0.222. The molecular formula is C18H17NO3S. The number of benzene rings is 2. The van der Waals surface area contributed by atoms with Crippen molar-refractivity contribution in [1.29, 1.82) is 0 Å². The summed E-state index contributed by atoms with van der Waals surface area (Å²) in [7, 11) is 0. The molecule has 0 unspecified atom stereocenters. The van der Waals surface area contributed by atoms with E-state index in [1.807, 2.05) is 12.1 Å². The summed E-state index contributed by atoms with van der Waals surface area (Å²) in [6.45, 7) is 2.10. The molecule has 3 aromatic rings. The van der Waals surface area contributed by atoms with E-state index in [4.69, 9.17) is 9.26 Å². The minimum absolute atomic E-state index is 0.234. The smallest absolute Gasteiger partial charge is 0.360 e. The highest BCUT2D eigenvalue weighted by Gasteiger charge is 2.13. The summed E-state index contributed by atoms with van der Waals surface area (Å²) < 4.78 is 10.1. The zero-order valence-electron chi connectivity index (χ0n) is 12.8. The van der Waals surface area contributed by atoms with Crippen LogP contribution in [-0.2, 0) is 11.2 Å². The maximum atomic E-state index is 11.5. The van der Waals surface area contributed by atoms with Gasteiger partial charge in [-0.15, -0.1) is 11.8 Å². The van der Waals surface area contributed by atoms with Crippen LogP contribution in [-0.4, -0.2) is 23.5 Å². The van der Waals surface area contributed by atoms with E-state index in [2.05, 4.69) is 35.5 Å². The van der Waals surface area contributed by atoms with Gasteiger partial charge in [0.1, 0.15) is 5.76 Å². The summed E-state index contributed by atoms with van der Waals surface area (Å²) in [6.07, 6.45) is 0.712. The molecule has 3 rings (SSSR count). The molecule has 4 nitrogen and oxygen atoms in total. The zero-order chi connectivity index (χ0) is 16.1. The minimum Gasteiger partial charge on any atom is -0.461 e. The Hall–Kier alpha value is -2.27. The van der Waals surface area contributed by atoms with Crippen molar-refractivity contribution >= 4 is 28.5 Å². The Kier molecular flexibility index (Phi) is 4.98. The van der Waals surface area contributed by atoms with Crippen LogP contribution in [0.2, 0.25) is 0 Å². The lowest BCUT2D eigenvalue weighted by atomic mass is 10.1. The Morgan fingerprint density at radius 3 is 2.83 bits per heavy atom. The molecule has 0 saturated carbocycles. The summed E-state index contributed by atoms with van der Waals surface area (Å²) >= 11 is 1.75. The van der Waals surface area contributed by atoms with Gasteiger partial charge in [-0.1, -0.05) is 35.5 Å². The van der Waals surface area contributed by atoms with E-state index in [1.165, 1.54) is 15.7 Å². The molecule has 1 heterocycles. The second-order valence-corrected chi connectivity index (χ2v) is 6.17. The van der Waals surface area contributed by atoms with Gasteiger partial charge < -0.3 is 9.26 Å². The van der Waals surface area contributed by atoms with Gasteiger partial charge in [0.25, 0.3) is 0 Å². The molecule has 1 aromatic heterocycles. The highest BCUT2D eigenvalue weighted by Crippen LogP contribution is 2.24. The first kappa shape index (κ1) is 15.6. The number of aromatic nitrogens is 1. The number of hydrogen-bond acceptors (Lipinski definition) is 5. The van der Waals surface area contributed by atoms with Crippen molar-refractivity contribution in [3.8, 4) is 0 Å². The Morgan fingerprint density at radius 1 is 1.17 bits per heavy atom. The molecule has 0 aliphatic rings. The third-order valence-electron chi connectivity index (χ3n) is 3.38. The number of nitrogens with zero attached hydrogens (tertiary/aromatic N) is 1. The number of carbonyl (C=O) groups is 1. The average molecular weight is 327 g/mol. The lowest BCUT2D eigenvalue weighted by Crippen LogP contribution is -2.04. The molecule has 0 saturated heterocycles. The second-order valence-electron chi connectivity index (χ2n) is 5.01. The van der Waals surface area contributed by atoms with Gasteiger partial charge in [-0.25, -0.2) is 4.79 Å². The van der Waals surface area contributed by atoms with E-state index >= 15 is 0 Å². The lowest BCUT2D eigenvalue weighted by molar-refractivity contribution is 0.0514. The van der Waals surface area contributed by atoms with Gasteiger partial charge in [-0.2, -0.15) is 0 Å². The Balaban J connectivity index is 1.57. The summed E-state index contributed by atoms with van der Waals surface area (Å²) in [5.41, 5.74) is 0.234. The monoisotopic (exact) mass is 327 g/mol. The number of rotatable bonds is 6. The predicted octanol–water partition coefficient (Wildman–Crippen LogP) is 4.34. The molecule has 0 bridgehead atoms. The van der Waals surface area contributed by atoms with Crippen LogP contribution < -0.4 is 0 Å². The van der Waals surface area contributed by atoms with Crippen LogP contribution in [0.1, 0.15) is 23.2 Å². The minimum atomic E-state index is -0.440. The molecule has 5 heteroatoms. The van der Waals surface area contributed by atoms with Gasteiger partial charge in [0, 0.05) is 23.1 Å². The standard InChI is InChI=1S/C18H17NO3S/c1-2-21-18(20)17-12-15(22-19-17)9-10-23-16-8-7-13-5-3-4-6-14(13)11-16/h3-8,11-12H,2,9-10H2,1H3. The van der Waals surface area contributed by atoms with Crippen LogP contribution in [0.3, 0.4) is 0 Å². The molecule has 0 radical (unpaired) electrons. The van der Waals surface area contributed by atoms with E-state index in [-0.39, 0.29) is 5.69 Å². The van der Waals surface area contributed by atoms with Crippen LogP contribution in [0.4, 0.5) is 0 Å². The summed E-state index contributed by atoms with van der Waals surface area (Å²) in [5, 5.41) is 6.22. The number of carbonyl (C=O) groups excluding carboxylic acids is 1. The first-order valence-electron chi connectivity index (χ1n) is 7.50. The van der Waals surface area contributed by atoms with Crippen LogP contribution in [0, 0.1) is 0 Å². The van der Waals surface area contributed by atoms with Gasteiger partial charge >= 0.3 is 5.97 Å². The molecule has 23 heavy (non-hydrogen) atoms. The molecule has 0 amide bonds. The molecule has 0 atom stereocenters. The third kappa shape index (κ3) is 3.93. The number of fused-ring (bicyclic) bond motifs is 1. The van der Waals surface area contributed by atoms with Crippen LogP contribution in [0.15, 0.2) is 57.9 Å². The van der Waals surface area contributed by atoms with Crippen molar-refractivity contribution in [1.82, 2.24) is 5.16 Å². The summed E-state index contributed by atoms with van der Waals surface area (Å²) in [5.74, 6) is 1.11. The maximum absolute atomic E-state index is 11.5. The summed E-state index contributed by atoms with van der Waals surface area (Å²) in [4.78, 5) is 12.7. The van der Waals surface area contributed by atoms with E-state index in [9.17, 15) is 4.79 Å². The SMILES string of the molecule is CCOC(=O)c1cc(CCSc2ccc3ccccc3c2)on1. The number of thioether (sulfide) groups is 1. The van der Waals surface area contributed by atoms with E-state index in [0.717, 1.165) is 5.75 Å². The van der Waals surface area contributed by atoms with Gasteiger partial charge in [0.15, 0.2) is 5.69 Å². The first-order chi connectivity index (χ1) is 11.3. The number of hydrogen-bond donors (Lipinski definition) is 0. The van der Waals surface area contributed by atoms with E-state index in [1.54, 1.807) is 24.8 Å². The van der Waals surface area contributed by atoms with Crippen molar-refractivity contribution in [2.24, 2.45) is 0 Å². The quantitative estimate of drug-likeness (QED) is 0.498. The normalized spacial score (nSPS) is 10.8. The van der Waals surface area contributed by atoms with E-state index in [0.29, 0.717) is 18.8 Å². The fourth-order valence-corrected chi connectivity index (χ4v) is 3.17. The number of ether oxygens (including phenoxy) is 1. The summed E-state index contributed by atoms with van der Waals surface area (Å²) in [6, 6.07) is 16.4. The van der Waals surface area contributed by atoms with Gasteiger partial charge in [0.05, 0.1) is 6.61 Å². The largest absolute Gasteiger partial charge is 0.461 e. The van der Waals surface area contributed by atoms with Crippen molar-refractivity contribution < 1.29 is 14.1 Å². The number of esters is 1. The number of aryl methyl sites for hydroxylation is 1. The lowest BCUT2D eigenvalue weighted by Gasteiger charge is -2.02. The van der Waals surface area contributed by atoms with Crippen LogP contribution >= 0.6 is 11.8 Å². The molecule has 0 aliphatic heterocycles. The fourth-order valence-electron chi connectivity index (χ4n) is 2.26. The Labute approximate surface area is 138 Å². The van der Waals surface area contributed by atoms with Crippen molar-refractivity contribution in [2.45, 2.75) is 18.2 Å². The van der Waals surface area contributed by atoms with Gasteiger partial charge in [-0.05, 0) is 29.8 Å². The highest BCUT2D eigenvalue weighted by molar-refractivity contribution is 7.99. The maximum Gasteiger partial charge on any atom is 0.360 e. The molecule has 0 N–H and O–H groups in total. The molecule has 0 spiro atoms. The molecule has 0 aliphatic carbocycles. The second kappa shape index (κ2) is 7.33. The average Bonchev–Trinajstić information content (AvgIpc) is 3.04. The van der Waals surface area contributed by atoms with Crippen LogP contribution in [0.25, 0.3) is 10.8 Å². The highest BCUT2D eigenvalue weighted by atomic mass is 32.2. The third-order valence-corrected chi connectivity index (χ3v) is 4.38. The topological polar surface area (TPSA) is 52.3 Å². The van der Waals surface area contributed by atoms with E-state index < -0.39 is 5.97 Å². The van der Waals surface area contributed by atoms with Crippen LogP contribution in [0.5, 0.6) is 0 Å². The Bertz CT molecular complexity index is 813. The predicted molar refractivity (Wildman–Crippen MR) is 90.8 cm³/mol. The molecule has 118 valence electrons. The zero-order valence-corrected chi connectivity index (χ0v) is 13.6. The first-order valence-corrected chi connectivity index (χ1v) is 8.49. The van der Waals surface area contributed by atoms with Crippen molar-refractivity contribution in [2.75, 3.05) is 12.4 Å². The molecular weight excluding hydrogens is 310 g/mol. The van der Waals surface area contributed by atoms with Crippen molar-refractivity contribution in [3.05, 3.63) is 60.0 Å². The molecule has 0 fully saturated rings. The van der Waals surface area contributed by atoms with Gasteiger partial charge in [0.2, 0.25) is 0 Å². The Morgan fingerprint density at radius 2 is 2.00 bits per heavy atom.